The SMILES string of the molecule is O=C(O)CCNC(=O)NCc1ccc(F)cc1. The topological polar surface area (TPSA) is 78.4 Å². The van der Waals surface area contributed by atoms with Crippen molar-refractivity contribution in [3.05, 3.63) is 35.6 Å². The maximum atomic E-state index is 12.6. The molecule has 92 valence electrons. The summed E-state index contributed by atoms with van der Waals surface area (Å²) in [5.41, 5.74) is 0.764. The number of carboxylic acid groups (broad SMARTS) is 1. The molecule has 0 aliphatic rings. The van der Waals surface area contributed by atoms with Gasteiger partial charge in [-0.2, -0.15) is 0 Å². The Hall–Kier alpha value is -2.11. The van der Waals surface area contributed by atoms with Crippen LogP contribution < -0.4 is 10.6 Å². The highest BCUT2D eigenvalue weighted by Gasteiger charge is 2.01. The molecule has 0 radical (unpaired) electrons. The molecule has 17 heavy (non-hydrogen) atoms. The summed E-state index contributed by atoms with van der Waals surface area (Å²) in [5, 5.41) is 13.3. The van der Waals surface area contributed by atoms with Gasteiger partial charge in [-0.25, -0.2) is 9.18 Å². The third kappa shape index (κ3) is 5.50. The Labute approximate surface area is 97.6 Å². The molecule has 1 aromatic rings. The molecule has 0 fully saturated rings. The van der Waals surface area contributed by atoms with Crippen molar-refractivity contribution in [2.75, 3.05) is 6.54 Å². The van der Waals surface area contributed by atoms with Gasteiger partial charge in [0.25, 0.3) is 0 Å². The molecule has 0 saturated carbocycles. The monoisotopic (exact) mass is 240 g/mol. The van der Waals surface area contributed by atoms with E-state index >= 15 is 0 Å². The van der Waals surface area contributed by atoms with Gasteiger partial charge in [0.05, 0.1) is 6.42 Å². The lowest BCUT2D eigenvalue weighted by molar-refractivity contribution is -0.136. The fourth-order valence-electron chi connectivity index (χ4n) is 1.13. The summed E-state index contributed by atoms with van der Waals surface area (Å²) in [7, 11) is 0. The molecule has 0 aromatic heterocycles. The third-order valence-electron chi connectivity index (χ3n) is 1.99. The van der Waals surface area contributed by atoms with Gasteiger partial charge in [0.1, 0.15) is 5.82 Å². The largest absolute Gasteiger partial charge is 0.481 e. The Bertz CT molecular complexity index is 392. The minimum atomic E-state index is -0.969. The zero-order valence-electron chi connectivity index (χ0n) is 9.07. The second kappa shape index (κ2) is 6.47. The van der Waals surface area contributed by atoms with E-state index in [0.717, 1.165) is 5.56 Å². The van der Waals surface area contributed by atoms with E-state index in [1.165, 1.54) is 12.1 Å². The summed E-state index contributed by atoms with van der Waals surface area (Å²) in [6.45, 7) is 0.337. The lowest BCUT2D eigenvalue weighted by Gasteiger charge is -2.06. The van der Waals surface area contributed by atoms with Gasteiger partial charge in [0.15, 0.2) is 0 Å². The standard InChI is InChI=1S/C11H13FN2O3/c12-9-3-1-8(2-4-9)7-14-11(17)13-6-5-10(15)16/h1-4H,5-7H2,(H,15,16)(H2,13,14,17). The quantitative estimate of drug-likeness (QED) is 0.721. The predicted molar refractivity (Wildman–Crippen MR) is 58.9 cm³/mol. The van der Waals surface area contributed by atoms with Crippen LogP contribution in [0, 0.1) is 5.82 Å². The molecule has 0 saturated heterocycles. The van der Waals surface area contributed by atoms with Crippen LogP contribution in [0.1, 0.15) is 12.0 Å². The van der Waals surface area contributed by atoms with Crippen molar-refractivity contribution in [2.45, 2.75) is 13.0 Å². The van der Waals surface area contributed by atoms with E-state index in [0.29, 0.717) is 0 Å². The normalized spacial score (nSPS) is 9.71. The van der Waals surface area contributed by atoms with Crippen LogP contribution >= 0.6 is 0 Å². The molecule has 1 rings (SSSR count). The summed E-state index contributed by atoms with van der Waals surface area (Å²) in [6.07, 6.45) is -0.121. The molecule has 2 amide bonds. The van der Waals surface area contributed by atoms with Crippen molar-refractivity contribution in [1.82, 2.24) is 10.6 Å². The number of rotatable bonds is 5. The van der Waals surface area contributed by atoms with E-state index in [1.54, 1.807) is 12.1 Å². The molecule has 0 unspecified atom stereocenters. The maximum absolute atomic E-state index is 12.6. The number of carbonyl (C=O) groups excluding carboxylic acids is 1. The van der Waals surface area contributed by atoms with Crippen LogP contribution in [0.4, 0.5) is 9.18 Å². The smallest absolute Gasteiger partial charge is 0.315 e. The zero-order chi connectivity index (χ0) is 12.7. The fourth-order valence-corrected chi connectivity index (χ4v) is 1.13. The number of aliphatic carboxylic acids is 1. The summed E-state index contributed by atoms with van der Waals surface area (Å²) in [5.74, 6) is -1.30. The minimum absolute atomic E-state index is 0.0740. The van der Waals surface area contributed by atoms with E-state index in [-0.39, 0.29) is 25.3 Å². The van der Waals surface area contributed by atoms with E-state index in [4.69, 9.17) is 5.11 Å². The highest BCUT2D eigenvalue weighted by molar-refractivity contribution is 5.74. The van der Waals surface area contributed by atoms with Gasteiger partial charge in [-0.1, -0.05) is 12.1 Å². The van der Waals surface area contributed by atoms with Gasteiger partial charge in [-0.05, 0) is 17.7 Å². The molecule has 0 atom stereocenters. The summed E-state index contributed by atoms with van der Waals surface area (Å²) >= 11 is 0. The van der Waals surface area contributed by atoms with E-state index in [1.807, 2.05) is 0 Å². The second-order valence-corrected chi connectivity index (χ2v) is 3.38. The van der Waals surface area contributed by atoms with Crippen LogP contribution in [0.5, 0.6) is 0 Å². The average molecular weight is 240 g/mol. The number of urea groups is 1. The Morgan fingerprint density at radius 1 is 1.18 bits per heavy atom. The van der Waals surface area contributed by atoms with Crippen molar-refractivity contribution in [1.29, 1.82) is 0 Å². The Balaban J connectivity index is 2.23. The number of amides is 2. The van der Waals surface area contributed by atoms with Crippen molar-refractivity contribution >= 4 is 12.0 Å². The summed E-state index contributed by atoms with van der Waals surface area (Å²) in [4.78, 5) is 21.4. The summed E-state index contributed by atoms with van der Waals surface area (Å²) < 4.78 is 12.6. The van der Waals surface area contributed by atoms with Gasteiger partial charge < -0.3 is 15.7 Å². The van der Waals surface area contributed by atoms with Gasteiger partial charge >= 0.3 is 12.0 Å². The molecule has 1 aromatic carbocycles. The maximum Gasteiger partial charge on any atom is 0.315 e. The van der Waals surface area contributed by atoms with Crippen molar-refractivity contribution < 1.29 is 19.1 Å². The highest BCUT2D eigenvalue weighted by atomic mass is 19.1. The van der Waals surface area contributed by atoms with E-state index < -0.39 is 12.0 Å². The zero-order valence-corrected chi connectivity index (χ0v) is 9.07. The van der Waals surface area contributed by atoms with E-state index in [9.17, 15) is 14.0 Å². The number of hydrogen-bond acceptors (Lipinski definition) is 2. The van der Waals surface area contributed by atoms with Crippen LogP contribution in [0.2, 0.25) is 0 Å². The van der Waals surface area contributed by atoms with Crippen LogP contribution in [-0.4, -0.2) is 23.7 Å². The number of nitrogens with one attached hydrogen (secondary N) is 2. The summed E-state index contributed by atoms with van der Waals surface area (Å²) in [6, 6.07) is 5.29. The number of carboxylic acids is 1. The van der Waals surface area contributed by atoms with Crippen LogP contribution in [0.25, 0.3) is 0 Å². The third-order valence-corrected chi connectivity index (χ3v) is 1.99. The van der Waals surface area contributed by atoms with Gasteiger partial charge in [-0.15, -0.1) is 0 Å². The van der Waals surface area contributed by atoms with Crippen LogP contribution in [0.15, 0.2) is 24.3 Å². The second-order valence-electron chi connectivity index (χ2n) is 3.38. The first-order valence-electron chi connectivity index (χ1n) is 5.06. The molecule has 6 heteroatoms. The fraction of sp³-hybridized carbons (Fsp3) is 0.273. The molecular formula is C11H13FN2O3. The first-order valence-corrected chi connectivity index (χ1v) is 5.06. The molecular weight excluding hydrogens is 227 g/mol. The molecule has 5 nitrogen and oxygen atoms in total. The number of carbonyl (C=O) groups is 2. The van der Waals surface area contributed by atoms with Gasteiger partial charge in [-0.3, -0.25) is 4.79 Å². The van der Waals surface area contributed by atoms with Gasteiger partial charge in [0.2, 0.25) is 0 Å². The number of hydrogen-bond donors (Lipinski definition) is 3. The lowest BCUT2D eigenvalue weighted by Crippen LogP contribution is -2.36. The van der Waals surface area contributed by atoms with Crippen molar-refractivity contribution in [3.63, 3.8) is 0 Å². The Morgan fingerprint density at radius 2 is 1.82 bits per heavy atom. The van der Waals surface area contributed by atoms with E-state index in [2.05, 4.69) is 10.6 Å². The first kappa shape index (κ1) is 13.0. The number of benzene rings is 1. The van der Waals surface area contributed by atoms with Crippen LogP contribution in [0.3, 0.4) is 0 Å². The lowest BCUT2D eigenvalue weighted by atomic mass is 10.2. The van der Waals surface area contributed by atoms with Crippen molar-refractivity contribution in [3.8, 4) is 0 Å². The Kier molecular flexibility index (Phi) is 4.93. The molecule has 0 heterocycles. The Morgan fingerprint density at radius 3 is 2.41 bits per heavy atom. The molecule has 0 aliphatic carbocycles. The molecule has 0 bridgehead atoms. The number of halogens is 1. The molecule has 0 spiro atoms. The first-order chi connectivity index (χ1) is 8.08. The molecule has 0 aliphatic heterocycles. The van der Waals surface area contributed by atoms with Gasteiger partial charge in [0, 0.05) is 13.1 Å². The average Bonchev–Trinajstić information content (AvgIpc) is 2.28. The predicted octanol–water partition coefficient (Wildman–Crippen LogP) is 1.10. The van der Waals surface area contributed by atoms with Crippen molar-refractivity contribution in [2.24, 2.45) is 0 Å². The molecule has 3 N–H and O–H groups in total. The minimum Gasteiger partial charge on any atom is -0.481 e. The van der Waals surface area contributed by atoms with Crippen LogP contribution in [-0.2, 0) is 11.3 Å². The highest BCUT2D eigenvalue weighted by Crippen LogP contribution is 2.01.